The van der Waals surface area contributed by atoms with Gasteiger partial charge in [0.1, 0.15) is 0 Å². The molecule has 0 bridgehead atoms. The summed E-state index contributed by atoms with van der Waals surface area (Å²) in [6.45, 7) is 2.46. The number of rotatable bonds is 5. The maximum Gasteiger partial charge on any atom is 0.271 e. The van der Waals surface area contributed by atoms with Gasteiger partial charge in [0, 0.05) is 36.6 Å². The molecule has 1 aromatic heterocycles. The lowest BCUT2D eigenvalue weighted by molar-refractivity contribution is -0.384. The maximum absolute atomic E-state index is 12.4. The Morgan fingerprint density at radius 2 is 2.00 bits per heavy atom. The number of aryl methyl sites for hydroxylation is 1. The number of amides is 1. The van der Waals surface area contributed by atoms with Crippen molar-refractivity contribution in [3.8, 4) is 0 Å². The molecule has 7 nitrogen and oxygen atoms in total. The van der Waals surface area contributed by atoms with E-state index in [0.29, 0.717) is 17.8 Å². The van der Waals surface area contributed by atoms with Crippen LogP contribution in [-0.2, 0) is 6.54 Å². The van der Waals surface area contributed by atoms with Crippen molar-refractivity contribution in [3.63, 3.8) is 0 Å². The largest absolute Gasteiger partial charge is 0.333 e. The van der Waals surface area contributed by atoms with Gasteiger partial charge in [0.2, 0.25) is 0 Å². The summed E-state index contributed by atoms with van der Waals surface area (Å²) in [4.78, 5) is 26.8. The Kier molecular flexibility index (Phi) is 4.56. The fourth-order valence-electron chi connectivity index (χ4n) is 2.41. The summed E-state index contributed by atoms with van der Waals surface area (Å²) in [5, 5.41) is 13.6. The molecule has 1 amide bonds. The van der Waals surface area contributed by atoms with E-state index in [0.717, 1.165) is 11.1 Å². The highest BCUT2D eigenvalue weighted by Crippen LogP contribution is 2.22. The van der Waals surface area contributed by atoms with E-state index in [2.05, 4.69) is 10.3 Å². The number of anilines is 1. The van der Waals surface area contributed by atoms with Crippen LogP contribution in [0.5, 0.6) is 0 Å². The monoisotopic (exact) mass is 336 g/mol. The molecule has 0 radical (unpaired) electrons. The van der Waals surface area contributed by atoms with Gasteiger partial charge in [0.05, 0.1) is 16.9 Å². The topological polar surface area (TPSA) is 90.1 Å². The number of hydrogen-bond donors (Lipinski definition) is 1. The van der Waals surface area contributed by atoms with Gasteiger partial charge in [-0.15, -0.1) is 0 Å². The van der Waals surface area contributed by atoms with Gasteiger partial charge in [-0.1, -0.05) is 18.2 Å². The van der Waals surface area contributed by atoms with Crippen LogP contribution in [0.15, 0.2) is 61.2 Å². The number of hydrogen-bond acceptors (Lipinski definition) is 4. The Balaban J connectivity index is 1.73. The number of carbonyl (C=O) groups is 1. The lowest BCUT2D eigenvalue weighted by atomic mass is 10.1. The first-order chi connectivity index (χ1) is 12.0. The first-order valence-corrected chi connectivity index (χ1v) is 7.64. The van der Waals surface area contributed by atoms with Gasteiger partial charge in [-0.25, -0.2) is 4.98 Å². The zero-order valence-electron chi connectivity index (χ0n) is 13.5. The Bertz CT molecular complexity index is 903. The molecule has 126 valence electrons. The summed E-state index contributed by atoms with van der Waals surface area (Å²) >= 11 is 0. The van der Waals surface area contributed by atoms with Crippen molar-refractivity contribution >= 4 is 17.3 Å². The van der Waals surface area contributed by atoms with E-state index >= 15 is 0 Å². The van der Waals surface area contributed by atoms with E-state index in [9.17, 15) is 14.9 Å². The van der Waals surface area contributed by atoms with Gasteiger partial charge < -0.3 is 9.88 Å². The Morgan fingerprint density at radius 1 is 1.24 bits per heavy atom. The molecule has 7 heteroatoms. The summed E-state index contributed by atoms with van der Waals surface area (Å²) in [6, 6.07) is 11.6. The van der Waals surface area contributed by atoms with Gasteiger partial charge in [-0.3, -0.25) is 14.9 Å². The summed E-state index contributed by atoms with van der Waals surface area (Å²) in [6.07, 6.45) is 5.31. The van der Waals surface area contributed by atoms with Crippen LogP contribution in [0, 0.1) is 17.0 Å². The molecule has 25 heavy (non-hydrogen) atoms. The number of nitrogens with one attached hydrogen (secondary N) is 1. The first kappa shape index (κ1) is 16.4. The molecular weight excluding hydrogens is 320 g/mol. The van der Waals surface area contributed by atoms with Crippen LogP contribution in [-0.4, -0.2) is 20.4 Å². The summed E-state index contributed by atoms with van der Waals surface area (Å²) in [7, 11) is 0. The zero-order chi connectivity index (χ0) is 17.8. The minimum Gasteiger partial charge on any atom is -0.333 e. The van der Waals surface area contributed by atoms with Crippen LogP contribution in [0.3, 0.4) is 0 Å². The Labute approximate surface area is 144 Å². The smallest absolute Gasteiger partial charge is 0.271 e. The standard InChI is InChI=1S/C18H16N4O3/c1-13-2-7-16(22(24)25)10-17(13)20-18(23)15-5-3-14(4-6-15)11-21-9-8-19-12-21/h2-10,12H,11H2,1H3,(H,20,23). The molecule has 1 N–H and O–H groups in total. The van der Waals surface area contributed by atoms with E-state index in [1.165, 1.54) is 12.1 Å². The number of nitrogens with zero attached hydrogens (tertiary/aromatic N) is 3. The maximum atomic E-state index is 12.4. The van der Waals surface area contributed by atoms with Crippen LogP contribution >= 0.6 is 0 Å². The van der Waals surface area contributed by atoms with E-state index < -0.39 is 4.92 Å². The average Bonchev–Trinajstić information content (AvgIpc) is 3.10. The molecule has 0 aliphatic rings. The minimum absolute atomic E-state index is 0.0587. The summed E-state index contributed by atoms with van der Waals surface area (Å²) in [5.41, 5.74) is 2.66. The van der Waals surface area contributed by atoms with E-state index in [1.54, 1.807) is 37.6 Å². The molecule has 1 heterocycles. The van der Waals surface area contributed by atoms with Crippen molar-refractivity contribution in [2.45, 2.75) is 13.5 Å². The predicted octanol–water partition coefficient (Wildman–Crippen LogP) is 3.40. The number of benzene rings is 2. The van der Waals surface area contributed by atoms with Gasteiger partial charge in [0.25, 0.3) is 11.6 Å². The average molecular weight is 336 g/mol. The van der Waals surface area contributed by atoms with Crippen molar-refractivity contribution in [1.29, 1.82) is 0 Å². The van der Waals surface area contributed by atoms with E-state index in [-0.39, 0.29) is 11.6 Å². The SMILES string of the molecule is Cc1ccc([N+](=O)[O-])cc1NC(=O)c1ccc(Cn2ccnc2)cc1. The number of nitro benzene ring substituents is 1. The fraction of sp³-hybridized carbons (Fsp3) is 0.111. The second-order valence-corrected chi connectivity index (χ2v) is 5.64. The van der Waals surface area contributed by atoms with Crippen molar-refractivity contribution in [2.75, 3.05) is 5.32 Å². The van der Waals surface area contributed by atoms with E-state index in [4.69, 9.17) is 0 Å². The van der Waals surface area contributed by atoms with Crippen molar-refractivity contribution < 1.29 is 9.72 Å². The molecule has 0 fully saturated rings. The predicted molar refractivity (Wildman–Crippen MR) is 93.6 cm³/mol. The summed E-state index contributed by atoms with van der Waals surface area (Å²) in [5.74, 6) is -0.308. The zero-order valence-corrected chi connectivity index (χ0v) is 13.5. The Morgan fingerprint density at radius 3 is 2.64 bits per heavy atom. The van der Waals surface area contributed by atoms with Gasteiger partial charge >= 0.3 is 0 Å². The highest BCUT2D eigenvalue weighted by Gasteiger charge is 2.12. The van der Waals surface area contributed by atoms with Crippen LogP contribution in [0.4, 0.5) is 11.4 Å². The normalized spacial score (nSPS) is 10.4. The third-order valence-corrected chi connectivity index (χ3v) is 3.82. The number of carbonyl (C=O) groups excluding carboxylic acids is 1. The van der Waals surface area contributed by atoms with Crippen LogP contribution < -0.4 is 5.32 Å². The van der Waals surface area contributed by atoms with Crippen molar-refractivity contribution in [3.05, 3.63) is 88.0 Å². The Hall–Kier alpha value is -3.48. The molecule has 0 atom stereocenters. The minimum atomic E-state index is -0.486. The molecule has 0 aliphatic carbocycles. The lowest BCUT2D eigenvalue weighted by Gasteiger charge is -2.09. The molecule has 0 spiro atoms. The van der Waals surface area contributed by atoms with Crippen LogP contribution in [0.2, 0.25) is 0 Å². The third kappa shape index (κ3) is 3.89. The first-order valence-electron chi connectivity index (χ1n) is 7.64. The third-order valence-electron chi connectivity index (χ3n) is 3.82. The van der Waals surface area contributed by atoms with Crippen molar-refractivity contribution in [2.24, 2.45) is 0 Å². The molecule has 0 saturated heterocycles. The lowest BCUT2D eigenvalue weighted by Crippen LogP contribution is -2.13. The highest BCUT2D eigenvalue weighted by atomic mass is 16.6. The number of imidazole rings is 1. The molecule has 0 saturated carbocycles. The quantitative estimate of drug-likeness (QED) is 0.571. The number of nitro groups is 1. The second kappa shape index (κ2) is 6.96. The van der Waals surface area contributed by atoms with Gasteiger partial charge in [-0.05, 0) is 30.2 Å². The van der Waals surface area contributed by atoms with E-state index in [1.807, 2.05) is 22.9 Å². The van der Waals surface area contributed by atoms with Gasteiger partial charge in [-0.2, -0.15) is 0 Å². The van der Waals surface area contributed by atoms with Crippen molar-refractivity contribution in [1.82, 2.24) is 9.55 Å². The summed E-state index contributed by atoms with van der Waals surface area (Å²) < 4.78 is 1.93. The number of non-ortho nitro benzene ring substituents is 1. The molecule has 0 unspecified atom stereocenters. The molecule has 2 aromatic carbocycles. The van der Waals surface area contributed by atoms with Crippen LogP contribution in [0.25, 0.3) is 0 Å². The highest BCUT2D eigenvalue weighted by molar-refractivity contribution is 6.04. The molecule has 3 aromatic rings. The molecular formula is C18H16N4O3. The molecule has 3 rings (SSSR count). The number of aromatic nitrogens is 2. The fourth-order valence-corrected chi connectivity index (χ4v) is 2.41. The second-order valence-electron chi connectivity index (χ2n) is 5.64. The molecule has 0 aliphatic heterocycles. The van der Waals surface area contributed by atoms with Crippen LogP contribution in [0.1, 0.15) is 21.5 Å². The van der Waals surface area contributed by atoms with Gasteiger partial charge in [0.15, 0.2) is 0 Å².